The van der Waals surface area contributed by atoms with Crippen molar-refractivity contribution < 1.29 is 4.79 Å². The Morgan fingerprint density at radius 3 is 3.08 bits per heavy atom. The summed E-state index contributed by atoms with van der Waals surface area (Å²) in [5.41, 5.74) is 1.15. The lowest BCUT2D eigenvalue weighted by molar-refractivity contribution is 0.0955. The van der Waals surface area contributed by atoms with Gasteiger partial charge in [-0.1, -0.05) is 6.92 Å². The van der Waals surface area contributed by atoms with E-state index in [0.717, 1.165) is 38.0 Å². The van der Waals surface area contributed by atoms with Crippen molar-refractivity contribution in [3.05, 3.63) is 45.9 Å². The first-order valence-electron chi connectivity index (χ1n) is 8.67. The monoisotopic (exact) mass is 344 g/mol. The second-order valence-electron chi connectivity index (χ2n) is 6.33. The van der Waals surface area contributed by atoms with E-state index in [4.69, 9.17) is 0 Å². The number of rotatable bonds is 5. The molecule has 0 spiro atoms. The maximum Gasteiger partial charge on any atom is 0.271 e. The number of H-pyrrole nitrogens is 1. The van der Waals surface area contributed by atoms with E-state index in [1.165, 1.54) is 0 Å². The van der Waals surface area contributed by atoms with Crippen molar-refractivity contribution >= 4 is 5.91 Å². The zero-order chi connectivity index (χ0) is 17.8. The van der Waals surface area contributed by atoms with Crippen LogP contribution in [0.5, 0.6) is 0 Å². The van der Waals surface area contributed by atoms with Crippen LogP contribution < -0.4 is 10.9 Å². The summed E-state index contributed by atoms with van der Waals surface area (Å²) in [7, 11) is 1.60. The van der Waals surface area contributed by atoms with Gasteiger partial charge in [0.05, 0.1) is 12.6 Å². The van der Waals surface area contributed by atoms with Gasteiger partial charge in [0.15, 0.2) is 0 Å². The third kappa shape index (κ3) is 4.14. The summed E-state index contributed by atoms with van der Waals surface area (Å²) >= 11 is 0. The fraction of sp³-hybridized carbons (Fsp3) is 0.529. The third-order valence-electron chi connectivity index (χ3n) is 4.50. The minimum Gasteiger partial charge on any atom is -0.354 e. The molecule has 2 aromatic rings. The van der Waals surface area contributed by atoms with Crippen molar-refractivity contribution in [3.63, 3.8) is 0 Å². The number of carbonyl (C=O) groups is 1. The Morgan fingerprint density at radius 1 is 1.48 bits per heavy atom. The lowest BCUT2D eigenvalue weighted by atomic mass is 10.1. The predicted molar refractivity (Wildman–Crippen MR) is 93.4 cm³/mol. The molecule has 8 nitrogen and oxygen atoms in total. The highest BCUT2D eigenvalue weighted by atomic mass is 16.1. The molecule has 0 aliphatic carbocycles. The third-order valence-corrected chi connectivity index (χ3v) is 4.50. The molecule has 1 unspecified atom stereocenters. The summed E-state index contributed by atoms with van der Waals surface area (Å²) in [4.78, 5) is 33.0. The van der Waals surface area contributed by atoms with Crippen molar-refractivity contribution in [2.45, 2.75) is 38.8 Å². The van der Waals surface area contributed by atoms with E-state index >= 15 is 0 Å². The maximum absolute atomic E-state index is 11.7. The minimum absolute atomic E-state index is 0.0993. The highest BCUT2D eigenvalue weighted by Crippen LogP contribution is 2.22. The molecule has 3 rings (SSSR count). The normalized spacial score (nSPS) is 18.2. The first-order chi connectivity index (χ1) is 12.1. The van der Waals surface area contributed by atoms with Crippen LogP contribution in [0.15, 0.2) is 23.1 Å². The molecule has 0 bridgehead atoms. The van der Waals surface area contributed by atoms with Gasteiger partial charge in [0.25, 0.3) is 11.5 Å². The van der Waals surface area contributed by atoms with E-state index in [0.29, 0.717) is 18.1 Å². The topological polar surface area (TPSA) is 95.9 Å². The van der Waals surface area contributed by atoms with E-state index in [1.807, 2.05) is 17.8 Å². The number of nitrogens with zero attached hydrogens (tertiary/aromatic N) is 4. The molecule has 1 saturated heterocycles. The highest BCUT2D eigenvalue weighted by molar-refractivity contribution is 5.91. The Hall–Kier alpha value is -2.48. The Morgan fingerprint density at radius 2 is 2.32 bits per heavy atom. The first kappa shape index (κ1) is 17.3. The van der Waals surface area contributed by atoms with Gasteiger partial charge in [-0.3, -0.25) is 19.2 Å². The lowest BCUT2D eigenvalue weighted by Crippen LogP contribution is -2.37. The van der Waals surface area contributed by atoms with Crippen molar-refractivity contribution in [1.82, 2.24) is 30.0 Å². The Balaban J connectivity index is 1.69. The maximum atomic E-state index is 11.7. The summed E-state index contributed by atoms with van der Waals surface area (Å²) in [5, 5.41) is 6.98. The number of aryl methyl sites for hydroxylation is 1. The van der Waals surface area contributed by atoms with Crippen LogP contribution in [0.3, 0.4) is 0 Å². The molecule has 1 atom stereocenters. The second-order valence-corrected chi connectivity index (χ2v) is 6.33. The Bertz CT molecular complexity index is 796. The number of hydrogen-bond acceptors (Lipinski definition) is 5. The van der Waals surface area contributed by atoms with Gasteiger partial charge in [0, 0.05) is 31.5 Å². The van der Waals surface area contributed by atoms with Crippen molar-refractivity contribution in [3.8, 4) is 0 Å². The van der Waals surface area contributed by atoms with Gasteiger partial charge in [0.1, 0.15) is 11.5 Å². The van der Waals surface area contributed by atoms with Crippen molar-refractivity contribution in [1.29, 1.82) is 0 Å². The summed E-state index contributed by atoms with van der Waals surface area (Å²) in [6.45, 7) is 4.38. The molecule has 0 radical (unpaired) electrons. The number of aromatic nitrogens is 4. The molecular weight excluding hydrogens is 320 g/mol. The summed E-state index contributed by atoms with van der Waals surface area (Å²) in [5.74, 6) is 0.529. The van der Waals surface area contributed by atoms with Crippen LogP contribution >= 0.6 is 0 Å². The van der Waals surface area contributed by atoms with Gasteiger partial charge in [-0.15, -0.1) is 0 Å². The van der Waals surface area contributed by atoms with Crippen molar-refractivity contribution in [2.24, 2.45) is 0 Å². The number of likely N-dealkylation sites (tertiary alicyclic amines) is 1. The zero-order valence-corrected chi connectivity index (χ0v) is 14.7. The molecule has 2 aromatic heterocycles. The molecule has 0 aromatic carbocycles. The fourth-order valence-electron chi connectivity index (χ4n) is 3.21. The van der Waals surface area contributed by atoms with E-state index < -0.39 is 0 Å². The number of piperidine rings is 1. The standard InChI is InChI=1S/C17H24N6O2/c1-3-12-9-16(24)20-15(19-12)11-22-7-4-5-13(10-22)23-8-6-14(21-23)17(25)18-2/h6,8-9,13H,3-5,7,10-11H2,1-2H3,(H,18,25)(H,19,20,24). The van der Waals surface area contributed by atoms with Gasteiger partial charge >= 0.3 is 0 Å². The second kappa shape index (κ2) is 7.60. The van der Waals surface area contributed by atoms with Gasteiger partial charge < -0.3 is 10.3 Å². The van der Waals surface area contributed by atoms with E-state index in [1.54, 1.807) is 19.2 Å². The summed E-state index contributed by atoms with van der Waals surface area (Å²) in [6, 6.07) is 3.50. The van der Waals surface area contributed by atoms with Crippen LogP contribution in [0.2, 0.25) is 0 Å². The molecule has 1 amide bonds. The molecule has 1 aliphatic heterocycles. The predicted octanol–water partition coefficient (Wildman–Crippen LogP) is 0.726. The number of hydrogen-bond donors (Lipinski definition) is 2. The van der Waals surface area contributed by atoms with Gasteiger partial charge in [-0.25, -0.2) is 4.98 Å². The molecule has 1 fully saturated rings. The first-order valence-corrected chi connectivity index (χ1v) is 8.67. The van der Waals surface area contributed by atoms with E-state index in [-0.39, 0.29) is 17.5 Å². The SMILES string of the molecule is CCc1cc(=O)[nH]c(CN2CCCC(n3ccc(C(=O)NC)n3)C2)n1. The van der Waals surface area contributed by atoms with E-state index in [9.17, 15) is 9.59 Å². The molecule has 25 heavy (non-hydrogen) atoms. The molecule has 134 valence electrons. The lowest BCUT2D eigenvalue weighted by Gasteiger charge is -2.32. The molecule has 0 saturated carbocycles. The zero-order valence-electron chi connectivity index (χ0n) is 14.7. The van der Waals surface area contributed by atoms with E-state index in [2.05, 4.69) is 25.3 Å². The Kier molecular flexibility index (Phi) is 5.28. The summed E-state index contributed by atoms with van der Waals surface area (Å²) in [6.07, 6.45) is 4.66. The molecule has 3 heterocycles. The fourth-order valence-corrected chi connectivity index (χ4v) is 3.21. The van der Waals surface area contributed by atoms with Crippen LogP contribution in [-0.2, 0) is 13.0 Å². The average Bonchev–Trinajstić information content (AvgIpc) is 3.11. The molecular formula is C17H24N6O2. The molecule has 2 N–H and O–H groups in total. The van der Waals surface area contributed by atoms with Crippen molar-refractivity contribution in [2.75, 3.05) is 20.1 Å². The number of aromatic amines is 1. The van der Waals surface area contributed by atoms with Gasteiger partial charge in [-0.2, -0.15) is 5.10 Å². The quantitative estimate of drug-likeness (QED) is 0.833. The Labute approximate surface area is 146 Å². The number of amides is 1. The number of carbonyl (C=O) groups excluding carboxylic acids is 1. The molecule has 8 heteroatoms. The smallest absolute Gasteiger partial charge is 0.271 e. The van der Waals surface area contributed by atoms with Gasteiger partial charge in [0.2, 0.25) is 0 Å². The number of nitrogens with one attached hydrogen (secondary N) is 2. The van der Waals surface area contributed by atoms with Crippen LogP contribution in [-0.4, -0.2) is 50.7 Å². The van der Waals surface area contributed by atoms with Crippen LogP contribution in [0.25, 0.3) is 0 Å². The summed E-state index contributed by atoms with van der Waals surface area (Å²) < 4.78 is 1.87. The minimum atomic E-state index is -0.176. The largest absolute Gasteiger partial charge is 0.354 e. The van der Waals surface area contributed by atoms with Crippen LogP contribution in [0.1, 0.15) is 47.8 Å². The van der Waals surface area contributed by atoms with Crippen LogP contribution in [0, 0.1) is 0 Å². The average molecular weight is 344 g/mol. The highest BCUT2D eigenvalue weighted by Gasteiger charge is 2.23. The van der Waals surface area contributed by atoms with Crippen LogP contribution in [0.4, 0.5) is 0 Å². The molecule has 1 aliphatic rings. The van der Waals surface area contributed by atoms with Gasteiger partial charge in [-0.05, 0) is 31.9 Å².